The van der Waals surface area contributed by atoms with E-state index in [9.17, 15) is 24.6 Å². The standard InChI is InChI=1S/C15H18N2O5S/c1-15(2)12(13(20)21)17(8-23-15)14(22)16-11(19)7-9-3-5-10(18)6-4-9/h3-6,12,18H,7-8H2,1-2H3,(H,20,21)(H,16,19,22). The molecule has 124 valence electrons. The van der Waals surface area contributed by atoms with Gasteiger partial charge in [-0.25, -0.2) is 9.59 Å². The average molecular weight is 338 g/mol. The summed E-state index contributed by atoms with van der Waals surface area (Å²) in [6.45, 7) is 3.50. The molecule has 3 N–H and O–H groups in total. The van der Waals surface area contributed by atoms with Gasteiger partial charge in [0.2, 0.25) is 5.91 Å². The maximum Gasteiger partial charge on any atom is 0.327 e. The molecule has 3 amide bonds. The largest absolute Gasteiger partial charge is 0.508 e. The fourth-order valence-electron chi connectivity index (χ4n) is 2.41. The minimum Gasteiger partial charge on any atom is -0.508 e. The number of hydrogen-bond acceptors (Lipinski definition) is 5. The van der Waals surface area contributed by atoms with Gasteiger partial charge in [0.15, 0.2) is 0 Å². The van der Waals surface area contributed by atoms with Crippen molar-refractivity contribution in [3.63, 3.8) is 0 Å². The molecular weight excluding hydrogens is 320 g/mol. The summed E-state index contributed by atoms with van der Waals surface area (Å²) in [6.07, 6.45) is -0.0336. The van der Waals surface area contributed by atoms with Crippen molar-refractivity contribution >= 4 is 29.7 Å². The van der Waals surface area contributed by atoms with E-state index in [1.807, 2.05) is 0 Å². The minimum absolute atomic E-state index is 0.0336. The zero-order chi connectivity index (χ0) is 17.2. The van der Waals surface area contributed by atoms with Gasteiger partial charge in [-0.05, 0) is 31.5 Å². The van der Waals surface area contributed by atoms with Crippen LogP contribution in [0.2, 0.25) is 0 Å². The Morgan fingerprint density at radius 3 is 2.48 bits per heavy atom. The Hall–Kier alpha value is -2.22. The van der Waals surface area contributed by atoms with Crippen molar-refractivity contribution < 1.29 is 24.6 Å². The number of phenols is 1. The molecule has 1 heterocycles. The number of aliphatic carboxylic acids is 1. The second-order valence-electron chi connectivity index (χ2n) is 5.78. The van der Waals surface area contributed by atoms with E-state index in [4.69, 9.17) is 0 Å². The molecular formula is C15H18N2O5S. The molecule has 0 bridgehead atoms. The molecule has 1 saturated heterocycles. The number of thioether (sulfide) groups is 1. The van der Waals surface area contributed by atoms with Crippen LogP contribution in [0.5, 0.6) is 5.75 Å². The van der Waals surface area contributed by atoms with E-state index in [1.165, 1.54) is 23.9 Å². The number of carboxylic acids is 1. The highest BCUT2D eigenvalue weighted by atomic mass is 32.2. The fraction of sp³-hybridized carbons (Fsp3) is 0.400. The van der Waals surface area contributed by atoms with Crippen LogP contribution in [0.4, 0.5) is 4.79 Å². The maximum atomic E-state index is 12.2. The summed E-state index contributed by atoms with van der Waals surface area (Å²) >= 11 is 1.35. The minimum atomic E-state index is -1.10. The number of amides is 3. The summed E-state index contributed by atoms with van der Waals surface area (Å²) < 4.78 is -0.622. The second kappa shape index (κ2) is 6.49. The molecule has 1 atom stereocenters. The Kier molecular flexibility index (Phi) is 4.84. The summed E-state index contributed by atoms with van der Waals surface area (Å²) in [5.74, 6) is -1.33. The molecule has 0 radical (unpaired) electrons. The summed E-state index contributed by atoms with van der Waals surface area (Å²) in [4.78, 5) is 36.7. The number of nitrogens with zero attached hydrogens (tertiary/aromatic N) is 1. The van der Waals surface area contributed by atoms with Gasteiger partial charge in [-0.2, -0.15) is 0 Å². The van der Waals surface area contributed by atoms with Crippen LogP contribution >= 0.6 is 11.8 Å². The number of nitrogens with one attached hydrogen (secondary N) is 1. The first-order valence-corrected chi connectivity index (χ1v) is 7.94. The number of phenolic OH excluding ortho intramolecular Hbond substituents is 1. The molecule has 0 saturated carbocycles. The lowest BCUT2D eigenvalue weighted by molar-refractivity contribution is -0.142. The van der Waals surface area contributed by atoms with E-state index >= 15 is 0 Å². The van der Waals surface area contributed by atoms with Gasteiger partial charge < -0.3 is 10.2 Å². The third-order valence-corrected chi connectivity index (χ3v) is 4.96. The topological polar surface area (TPSA) is 107 Å². The number of carbonyl (C=O) groups is 3. The quantitative estimate of drug-likeness (QED) is 0.769. The molecule has 0 aromatic heterocycles. The highest BCUT2D eigenvalue weighted by molar-refractivity contribution is 8.00. The summed E-state index contributed by atoms with van der Waals surface area (Å²) in [6, 6.07) is 4.35. The lowest BCUT2D eigenvalue weighted by Crippen LogP contribution is -2.53. The van der Waals surface area contributed by atoms with E-state index in [2.05, 4.69) is 5.32 Å². The van der Waals surface area contributed by atoms with Crippen LogP contribution in [0.3, 0.4) is 0 Å². The third-order valence-electron chi connectivity index (χ3n) is 3.59. The van der Waals surface area contributed by atoms with Gasteiger partial charge in [0.25, 0.3) is 0 Å². The van der Waals surface area contributed by atoms with Gasteiger partial charge in [-0.1, -0.05) is 12.1 Å². The van der Waals surface area contributed by atoms with Crippen LogP contribution in [0.1, 0.15) is 19.4 Å². The lowest BCUT2D eigenvalue weighted by atomic mass is 10.0. The van der Waals surface area contributed by atoms with E-state index in [0.717, 1.165) is 4.90 Å². The molecule has 2 rings (SSSR count). The van der Waals surface area contributed by atoms with Gasteiger partial charge >= 0.3 is 12.0 Å². The molecule has 23 heavy (non-hydrogen) atoms. The first-order valence-electron chi connectivity index (χ1n) is 6.96. The zero-order valence-corrected chi connectivity index (χ0v) is 13.6. The van der Waals surface area contributed by atoms with Crippen molar-refractivity contribution in [3.05, 3.63) is 29.8 Å². The molecule has 1 aliphatic heterocycles. The van der Waals surface area contributed by atoms with Crippen molar-refractivity contribution in [2.75, 3.05) is 5.88 Å². The van der Waals surface area contributed by atoms with E-state index in [0.29, 0.717) is 5.56 Å². The zero-order valence-electron chi connectivity index (χ0n) is 12.8. The Bertz CT molecular complexity index is 629. The van der Waals surface area contributed by atoms with Gasteiger partial charge in [0.05, 0.1) is 12.3 Å². The van der Waals surface area contributed by atoms with Crippen LogP contribution in [-0.2, 0) is 16.0 Å². The van der Waals surface area contributed by atoms with Crippen LogP contribution in [0, 0.1) is 0 Å². The Morgan fingerprint density at radius 1 is 1.30 bits per heavy atom. The smallest absolute Gasteiger partial charge is 0.327 e. The van der Waals surface area contributed by atoms with Crippen molar-refractivity contribution in [2.24, 2.45) is 0 Å². The van der Waals surface area contributed by atoms with Crippen LogP contribution in [0.25, 0.3) is 0 Å². The number of carbonyl (C=O) groups excluding carboxylic acids is 2. The van der Waals surface area contributed by atoms with Gasteiger partial charge in [0, 0.05) is 4.75 Å². The van der Waals surface area contributed by atoms with E-state index in [-0.39, 0.29) is 18.0 Å². The van der Waals surface area contributed by atoms with Crippen molar-refractivity contribution in [3.8, 4) is 5.75 Å². The average Bonchev–Trinajstić information content (AvgIpc) is 2.77. The van der Waals surface area contributed by atoms with Crippen molar-refractivity contribution in [2.45, 2.75) is 31.1 Å². The molecule has 0 spiro atoms. The fourth-order valence-corrected chi connectivity index (χ4v) is 3.53. The Morgan fingerprint density at radius 2 is 1.91 bits per heavy atom. The first kappa shape index (κ1) is 17.1. The number of rotatable bonds is 3. The van der Waals surface area contributed by atoms with Crippen LogP contribution in [0.15, 0.2) is 24.3 Å². The van der Waals surface area contributed by atoms with Crippen molar-refractivity contribution in [1.82, 2.24) is 10.2 Å². The number of imide groups is 1. The van der Waals surface area contributed by atoms with Gasteiger partial charge in [0.1, 0.15) is 11.8 Å². The maximum absolute atomic E-state index is 12.2. The molecule has 1 aliphatic rings. The van der Waals surface area contributed by atoms with Gasteiger partial charge in [-0.3, -0.25) is 15.0 Å². The predicted molar refractivity (Wildman–Crippen MR) is 85.1 cm³/mol. The first-order chi connectivity index (χ1) is 10.7. The highest BCUT2D eigenvalue weighted by Crippen LogP contribution is 2.39. The molecule has 1 aromatic rings. The number of benzene rings is 1. The number of aromatic hydroxyl groups is 1. The summed E-state index contributed by atoms with van der Waals surface area (Å²) in [5.41, 5.74) is 0.638. The lowest BCUT2D eigenvalue weighted by Gasteiger charge is -2.27. The molecule has 0 aliphatic carbocycles. The van der Waals surface area contributed by atoms with E-state index in [1.54, 1.807) is 26.0 Å². The predicted octanol–water partition coefficient (Wildman–Crippen LogP) is 1.41. The summed E-state index contributed by atoms with van der Waals surface area (Å²) in [5, 5.41) is 20.7. The third kappa shape index (κ3) is 3.95. The molecule has 7 nitrogen and oxygen atoms in total. The normalized spacial score (nSPS) is 19.4. The van der Waals surface area contributed by atoms with Crippen molar-refractivity contribution in [1.29, 1.82) is 0 Å². The number of urea groups is 1. The monoisotopic (exact) mass is 338 g/mol. The Labute approximate surface area is 137 Å². The molecule has 1 unspecified atom stereocenters. The second-order valence-corrected chi connectivity index (χ2v) is 7.38. The molecule has 1 aromatic carbocycles. The van der Waals surface area contributed by atoms with Gasteiger partial charge in [-0.15, -0.1) is 11.8 Å². The van der Waals surface area contributed by atoms with Crippen LogP contribution < -0.4 is 5.32 Å². The summed E-state index contributed by atoms with van der Waals surface area (Å²) in [7, 11) is 0. The molecule has 8 heteroatoms. The SMILES string of the molecule is CC1(C)SCN(C(=O)NC(=O)Cc2ccc(O)cc2)C1C(=O)O. The highest BCUT2D eigenvalue weighted by Gasteiger charge is 2.48. The molecule has 1 fully saturated rings. The number of carboxylic acid groups (broad SMARTS) is 1. The van der Waals surface area contributed by atoms with Crippen LogP contribution in [-0.4, -0.2) is 49.7 Å². The number of hydrogen-bond donors (Lipinski definition) is 3. The Balaban J connectivity index is 1.99. The van der Waals surface area contributed by atoms with E-state index < -0.39 is 28.7 Å².